The molecule has 0 amide bonds. The molecule has 0 fully saturated rings. The summed E-state index contributed by atoms with van der Waals surface area (Å²) >= 11 is 0. The summed E-state index contributed by atoms with van der Waals surface area (Å²) in [5, 5.41) is 26.1. The third-order valence-corrected chi connectivity index (χ3v) is 1.51. The van der Waals surface area contributed by atoms with Gasteiger partial charge in [0.25, 0.3) is 0 Å². The molecule has 0 saturated heterocycles. The Balaban J connectivity index is -0.000000414. The smallest absolute Gasteiger partial charge is 0.394 e. The number of hydrogen-bond acceptors (Lipinski definition) is 7. The zero-order valence-electron chi connectivity index (χ0n) is 9.51. The lowest BCUT2D eigenvalue weighted by molar-refractivity contribution is -0.171. The Bertz CT molecular complexity index is 436. The molecule has 0 heterocycles. The number of esters is 1. The van der Waals surface area contributed by atoms with E-state index in [4.69, 9.17) is 27.7 Å². The van der Waals surface area contributed by atoms with E-state index in [1.54, 1.807) is 0 Å². The van der Waals surface area contributed by atoms with Gasteiger partial charge in [-0.2, -0.15) is 8.42 Å². The van der Waals surface area contributed by atoms with Gasteiger partial charge in [0.05, 0.1) is 20.0 Å². The van der Waals surface area contributed by atoms with Crippen LogP contribution in [-0.4, -0.2) is 86.5 Å². The Labute approximate surface area is 129 Å². The van der Waals surface area contributed by atoms with Crippen molar-refractivity contribution in [3.05, 3.63) is 0 Å². The second-order valence-corrected chi connectivity index (χ2v) is 4.00. The highest BCUT2D eigenvalue weighted by molar-refractivity contribution is 7.79. The molecule has 0 aromatic rings. The van der Waals surface area contributed by atoms with Gasteiger partial charge >= 0.3 is 51.4 Å². The van der Waals surface area contributed by atoms with Gasteiger partial charge in [0.15, 0.2) is 5.60 Å². The zero-order chi connectivity index (χ0) is 15.9. The van der Waals surface area contributed by atoms with E-state index in [2.05, 4.69) is 4.74 Å². The number of hydrogen-bond donors (Lipinski definition) is 5. The van der Waals surface area contributed by atoms with Crippen LogP contribution in [0, 0.1) is 0 Å². The SMILES string of the molecule is COC(=O)CC(O)(CC(=O)O)C(=O)O.O=S(=O)(O)O.[MgH2]. The summed E-state index contributed by atoms with van der Waals surface area (Å²) in [6, 6.07) is 0. The highest BCUT2D eigenvalue weighted by Crippen LogP contribution is 2.16. The molecule has 1 atom stereocenters. The van der Waals surface area contributed by atoms with Crippen LogP contribution >= 0.6 is 0 Å². The molecule has 11 nitrogen and oxygen atoms in total. The average molecular weight is 331 g/mol. The second kappa shape index (κ2) is 9.84. The van der Waals surface area contributed by atoms with Crippen LogP contribution in [0.1, 0.15) is 12.8 Å². The van der Waals surface area contributed by atoms with Gasteiger partial charge in [0, 0.05) is 0 Å². The molecule has 20 heavy (non-hydrogen) atoms. The van der Waals surface area contributed by atoms with Crippen LogP contribution in [0.25, 0.3) is 0 Å². The van der Waals surface area contributed by atoms with E-state index in [-0.39, 0.29) is 23.1 Å². The number of rotatable bonds is 5. The van der Waals surface area contributed by atoms with E-state index in [1.165, 1.54) is 0 Å². The number of carbonyl (C=O) groups excluding carboxylic acids is 1. The van der Waals surface area contributed by atoms with E-state index >= 15 is 0 Å². The molecule has 0 aliphatic carbocycles. The van der Waals surface area contributed by atoms with Crippen molar-refractivity contribution in [2.45, 2.75) is 18.4 Å². The Morgan fingerprint density at radius 2 is 1.45 bits per heavy atom. The molecule has 0 bridgehead atoms. The first kappa shape index (κ1) is 24.1. The number of aliphatic carboxylic acids is 2. The molecular weight excluding hydrogens is 316 g/mol. The monoisotopic (exact) mass is 330 g/mol. The largest absolute Gasteiger partial charge is 0.481 e. The highest BCUT2D eigenvalue weighted by Gasteiger charge is 2.41. The Kier molecular flexibility index (Phi) is 11.8. The van der Waals surface area contributed by atoms with Crippen molar-refractivity contribution in [3.8, 4) is 0 Å². The van der Waals surface area contributed by atoms with E-state index in [9.17, 15) is 19.5 Å². The topological polar surface area (TPSA) is 196 Å². The maximum absolute atomic E-state index is 10.7. The van der Waals surface area contributed by atoms with Crippen LogP contribution in [0.3, 0.4) is 0 Å². The third-order valence-electron chi connectivity index (χ3n) is 1.51. The first-order valence-corrected chi connectivity index (χ1v) is 5.66. The quantitative estimate of drug-likeness (QED) is 0.199. The van der Waals surface area contributed by atoms with Crippen molar-refractivity contribution in [1.29, 1.82) is 0 Å². The molecule has 0 aromatic heterocycles. The molecule has 13 heteroatoms. The normalized spacial score (nSPS) is 12.8. The minimum absolute atomic E-state index is 0. The van der Waals surface area contributed by atoms with Crippen molar-refractivity contribution in [2.75, 3.05) is 7.11 Å². The Morgan fingerprint density at radius 1 is 1.10 bits per heavy atom. The second-order valence-electron chi connectivity index (χ2n) is 3.11. The number of carbonyl (C=O) groups is 3. The van der Waals surface area contributed by atoms with Crippen molar-refractivity contribution in [2.24, 2.45) is 0 Å². The first-order valence-electron chi connectivity index (χ1n) is 4.26. The number of carboxylic acids is 2. The number of aliphatic hydroxyl groups is 1. The van der Waals surface area contributed by atoms with Gasteiger partial charge in [-0.25, -0.2) is 4.79 Å². The van der Waals surface area contributed by atoms with Crippen molar-refractivity contribution in [1.82, 2.24) is 0 Å². The molecule has 0 rings (SSSR count). The van der Waals surface area contributed by atoms with Gasteiger partial charge in [0.1, 0.15) is 0 Å². The zero-order valence-corrected chi connectivity index (χ0v) is 10.3. The maximum atomic E-state index is 10.7. The van der Waals surface area contributed by atoms with Gasteiger partial charge in [-0.05, 0) is 0 Å². The minimum atomic E-state index is -4.67. The van der Waals surface area contributed by atoms with Crippen molar-refractivity contribution < 1.29 is 52.0 Å². The van der Waals surface area contributed by atoms with Gasteiger partial charge in [-0.3, -0.25) is 18.7 Å². The highest BCUT2D eigenvalue weighted by atomic mass is 32.3. The standard InChI is InChI=1S/C7H10O7.Mg.H2O4S.2H/c1-14-5(10)3-7(13,6(11)12)2-4(8)9;;1-5(2,3)4;;/h13H,2-3H2,1H3,(H,8,9)(H,11,12);;(H2,1,2,3,4);;. The van der Waals surface area contributed by atoms with Crippen LogP contribution in [0.15, 0.2) is 0 Å². The van der Waals surface area contributed by atoms with Crippen LogP contribution in [0.5, 0.6) is 0 Å². The lowest BCUT2D eigenvalue weighted by Crippen LogP contribution is -2.42. The summed E-state index contributed by atoms with van der Waals surface area (Å²) in [7, 11) is -3.66. The third kappa shape index (κ3) is 15.1. The van der Waals surface area contributed by atoms with Crippen LogP contribution in [0.4, 0.5) is 0 Å². The fourth-order valence-corrected chi connectivity index (χ4v) is 0.775. The molecular formula is C7H14MgO11S. The molecule has 0 radical (unpaired) electrons. The van der Waals surface area contributed by atoms with Gasteiger partial charge in [0.2, 0.25) is 0 Å². The fourth-order valence-electron chi connectivity index (χ4n) is 0.775. The van der Waals surface area contributed by atoms with Gasteiger partial charge in [-0.15, -0.1) is 0 Å². The number of methoxy groups -OCH3 is 1. The summed E-state index contributed by atoms with van der Waals surface area (Å²) in [5.74, 6) is -4.28. The molecule has 116 valence electrons. The van der Waals surface area contributed by atoms with Gasteiger partial charge < -0.3 is 20.1 Å². The van der Waals surface area contributed by atoms with E-state index < -0.39 is 46.7 Å². The average Bonchev–Trinajstić information content (AvgIpc) is 2.13. The predicted octanol–water partition coefficient (Wildman–Crippen LogP) is -2.73. The number of carboxylic acid groups (broad SMARTS) is 2. The van der Waals surface area contributed by atoms with Crippen LogP contribution < -0.4 is 0 Å². The summed E-state index contributed by atoms with van der Waals surface area (Å²) in [6.45, 7) is 0. The van der Waals surface area contributed by atoms with Crippen LogP contribution in [-0.2, 0) is 29.5 Å². The van der Waals surface area contributed by atoms with Crippen molar-refractivity contribution >= 4 is 51.4 Å². The lowest BCUT2D eigenvalue weighted by atomic mass is 9.96. The van der Waals surface area contributed by atoms with E-state index in [0.29, 0.717) is 0 Å². The van der Waals surface area contributed by atoms with Crippen LogP contribution in [0.2, 0.25) is 0 Å². The maximum Gasteiger partial charge on any atom is 0.394 e. The summed E-state index contributed by atoms with van der Waals surface area (Å²) in [4.78, 5) is 31.4. The first-order chi connectivity index (χ1) is 8.31. The molecule has 0 aliphatic rings. The molecule has 0 saturated carbocycles. The Hall–Kier alpha value is -0.994. The van der Waals surface area contributed by atoms with Gasteiger partial charge in [-0.1, -0.05) is 0 Å². The van der Waals surface area contributed by atoms with E-state index in [0.717, 1.165) is 7.11 Å². The van der Waals surface area contributed by atoms with E-state index in [1.807, 2.05) is 0 Å². The molecule has 0 aromatic carbocycles. The fraction of sp³-hybridized carbons (Fsp3) is 0.571. The van der Waals surface area contributed by atoms with Crippen molar-refractivity contribution in [3.63, 3.8) is 0 Å². The Morgan fingerprint density at radius 3 is 1.65 bits per heavy atom. The number of ether oxygens (including phenoxy) is 1. The lowest BCUT2D eigenvalue weighted by Gasteiger charge is -2.19. The molecule has 1 unspecified atom stereocenters. The molecule has 0 spiro atoms. The summed E-state index contributed by atoms with van der Waals surface area (Å²) < 4.78 is 35.7. The predicted molar refractivity (Wildman–Crippen MR) is 64.2 cm³/mol. The minimum Gasteiger partial charge on any atom is -0.481 e. The summed E-state index contributed by atoms with van der Waals surface area (Å²) in [5.41, 5.74) is -2.61. The summed E-state index contributed by atoms with van der Waals surface area (Å²) in [6.07, 6.45) is -1.96. The molecule has 0 aliphatic heterocycles. The molecule has 5 N–H and O–H groups in total.